The summed E-state index contributed by atoms with van der Waals surface area (Å²) in [5.41, 5.74) is -0.395. The summed E-state index contributed by atoms with van der Waals surface area (Å²) in [6.07, 6.45) is 4.57. The number of rotatable bonds is 7. The third kappa shape index (κ3) is 3.05. The summed E-state index contributed by atoms with van der Waals surface area (Å²) in [6, 6.07) is 13.1. The molecule has 1 atom stereocenters. The van der Waals surface area contributed by atoms with Crippen molar-refractivity contribution in [2.75, 3.05) is 13.7 Å². The first-order chi connectivity index (χ1) is 13.1. The van der Waals surface area contributed by atoms with Crippen LogP contribution in [0.15, 0.2) is 64.8 Å². The fourth-order valence-electron chi connectivity index (χ4n) is 3.51. The zero-order chi connectivity index (χ0) is 18.9. The molecule has 3 aromatic rings. The lowest BCUT2D eigenvalue weighted by Gasteiger charge is -2.28. The molecule has 0 bridgehead atoms. The summed E-state index contributed by atoms with van der Waals surface area (Å²) >= 11 is 1.44. The van der Waals surface area contributed by atoms with Crippen LogP contribution in [0.4, 0.5) is 0 Å². The maximum Gasteiger partial charge on any atom is 0.230 e. The van der Waals surface area contributed by atoms with E-state index in [4.69, 9.17) is 9.15 Å². The van der Waals surface area contributed by atoms with Crippen molar-refractivity contribution < 1.29 is 19.1 Å². The Hall–Kier alpha value is -2.57. The van der Waals surface area contributed by atoms with Crippen LogP contribution in [0.5, 0.6) is 5.75 Å². The van der Waals surface area contributed by atoms with E-state index in [0.717, 1.165) is 23.3 Å². The lowest BCUT2D eigenvalue weighted by atomic mass is 9.91. The highest BCUT2D eigenvalue weighted by atomic mass is 32.1. The van der Waals surface area contributed by atoms with Crippen LogP contribution in [0.1, 0.15) is 28.8 Å². The monoisotopic (exact) mass is 383 g/mol. The number of thiophene rings is 1. The Kier molecular flexibility index (Phi) is 4.53. The van der Waals surface area contributed by atoms with Crippen molar-refractivity contribution in [2.45, 2.75) is 23.9 Å². The zero-order valence-corrected chi connectivity index (χ0v) is 15.8. The maximum atomic E-state index is 13.1. The quantitative estimate of drug-likeness (QED) is 0.656. The van der Waals surface area contributed by atoms with Crippen LogP contribution < -0.4 is 10.1 Å². The van der Waals surface area contributed by atoms with Gasteiger partial charge >= 0.3 is 0 Å². The normalized spacial score (nSPS) is 17.1. The Labute approximate surface area is 161 Å². The first-order valence-electron chi connectivity index (χ1n) is 8.81. The molecule has 1 fully saturated rings. The molecule has 2 aromatic heterocycles. The first kappa shape index (κ1) is 17.8. The minimum absolute atomic E-state index is 0.0722. The van der Waals surface area contributed by atoms with Gasteiger partial charge in [-0.3, -0.25) is 4.79 Å². The van der Waals surface area contributed by atoms with E-state index in [1.165, 1.54) is 23.9 Å². The molecule has 2 heterocycles. The Morgan fingerprint density at radius 2 is 2.11 bits per heavy atom. The van der Waals surface area contributed by atoms with Gasteiger partial charge in [-0.25, -0.2) is 0 Å². The number of para-hydroxylation sites is 1. The number of methoxy groups -OCH3 is 1. The van der Waals surface area contributed by atoms with Crippen molar-refractivity contribution in [3.05, 3.63) is 76.4 Å². The number of amides is 1. The van der Waals surface area contributed by atoms with E-state index in [9.17, 15) is 9.90 Å². The van der Waals surface area contributed by atoms with Gasteiger partial charge in [0.15, 0.2) is 0 Å². The highest BCUT2D eigenvalue weighted by Crippen LogP contribution is 2.51. The number of hydrogen-bond acceptors (Lipinski definition) is 5. The molecule has 5 nitrogen and oxygen atoms in total. The molecular weight excluding hydrogens is 362 g/mol. The molecule has 0 saturated heterocycles. The number of carbonyl (C=O) groups excluding carboxylic acids is 1. The summed E-state index contributed by atoms with van der Waals surface area (Å²) in [5.74, 6) is 0.624. The van der Waals surface area contributed by atoms with Gasteiger partial charge in [-0.1, -0.05) is 24.3 Å². The topological polar surface area (TPSA) is 71.7 Å². The minimum Gasteiger partial charge on any atom is -0.496 e. The van der Waals surface area contributed by atoms with Crippen LogP contribution in [0, 0.1) is 0 Å². The van der Waals surface area contributed by atoms with Gasteiger partial charge in [-0.05, 0) is 36.4 Å². The van der Waals surface area contributed by atoms with E-state index in [0.29, 0.717) is 11.3 Å². The largest absolute Gasteiger partial charge is 0.496 e. The summed E-state index contributed by atoms with van der Waals surface area (Å²) in [5, 5.41) is 16.2. The average Bonchev–Trinajstić information content (AvgIpc) is 3.11. The van der Waals surface area contributed by atoms with Gasteiger partial charge in [0.05, 0.1) is 31.6 Å². The van der Waals surface area contributed by atoms with E-state index in [-0.39, 0.29) is 12.5 Å². The number of furan rings is 1. The minimum atomic E-state index is -1.33. The molecule has 1 aliphatic rings. The van der Waals surface area contributed by atoms with Crippen molar-refractivity contribution in [3.8, 4) is 5.75 Å². The van der Waals surface area contributed by atoms with E-state index >= 15 is 0 Å². The predicted octanol–water partition coefficient (Wildman–Crippen LogP) is 3.43. The standard InChI is InChI=1S/C21H21NO4S/c1-25-17-6-3-2-5-16(17)20(9-10-20)19(23)22-14-21(24,15-8-11-26-13-15)18-7-4-12-27-18/h2-8,11-13,24H,9-10,14H2,1H3,(H,22,23). The number of hydrogen-bond donors (Lipinski definition) is 2. The lowest BCUT2D eigenvalue weighted by Crippen LogP contribution is -2.44. The van der Waals surface area contributed by atoms with Crippen molar-refractivity contribution >= 4 is 17.2 Å². The second-order valence-corrected chi connectivity index (χ2v) is 7.76. The average molecular weight is 383 g/mol. The molecule has 1 aliphatic carbocycles. The SMILES string of the molecule is COc1ccccc1C1(C(=O)NCC(O)(c2ccoc2)c2cccs2)CC1. The summed E-state index contributed by atoms with van der Waals surface area (Å²) in [6.45, 7) is 0.0722. The highest BCUT2D eigenvalue weighted by molar-refractivity contribution is 7.10. The van der Waals surface area contributed by atoms with Gasteiger partial charge < -0.3 is 19.6 Å². The maximum absolute atomic E-state index is 13.1. The molecule has 0 aliphatic heterocycles. The molecule has 1 saturated carbocycles. The molecule has 0 spiro atoms. The Bertz CT molecular complexity index is 879. The van der Waals surface area contributed by atoms with Crippen molar-refractivity contribution in [2.24, 2.45) is 0 Å². The second-order valence-electron chi connectivity index (χ2n) is 6.81. The van der Waals surface area contributed by atoms with Gasteiger partial charge in [0.2, 0.25) is 5.91 Å². The molecule has 1 unspecified atom stereocenters. The predicted molar refractivity (Wildman–Crippen MR) is 103 cm³/mol. The van der Waals surface area contributed by atoms with Crippen LogP contribution in [-0.2, 0) is 15.8 Å². The fourth-order valence-corrected chi connectivity index (χ4v) is 4.35. The lowest BCUT2D eigenvalue weighted by molar-refractivity contribution is -0.124. The number of ether oxygens (including phenoxy) is 1. The van der Waals surface area contributed by atoms with Crippen LogP contribution in [0.3, 0.4) is 0 Å². The summed E-state index contributed by atoms with van der Waals surface area (Å²) in [7, 11) is 1.61. The van der Waals surface area contributed by atoms with Crippen LogP contribution in [-0.4, -0.2) is 24.7 Å². The first-order valence-corrected chi connectivity index (χ1v) is 9.69. The third-order valence-electron chi connectivity index (χ3n) is 5.24. The third-order valence-corrected chi connectivity index (χ3v) is 6.26. The summed E-state index contributed by atoms with van der Waals surface area (Å²) in [4.78, 5) is 13.8. The Morgan fingerprint density at radius 3 is 2.74 bits per heavy atom. The Morgan fingerprint density at radius 1 is 1.30 bits per heavy atom. The number of carbonyl (C=O) groups is 1. The van der Waals surface area contributed by atoms with E-state index in [1.54, 1.807) is 13.2 Å². The molecule has 2 N–H and O–H groups in total. The fraction of sp³-hybridized carbons (Fsp3) is 0.286. The molecule has 140 valence electrons. The van der Waals surface area contributed by atoms with Crippen LogP contribution in [0.25, 0.3) is 0 Å². The van der Waals surface area contributed by atoms with Crippen molar-refractivity contribution in [1.82, 2.24) is 5.32 Å². The van der Waals surface area contributed by atoms with Crippen LogP contribution >= 0.6 is 11.3 Å². The van der Waals surface area contributed by atoms with Gasteiger partial charge in [0, 0.05) is 16.0 Å². The molecule has 0 radical (unpaired) electrons. The molecule has 27 heavy (non-hydrogen) atoms. The highest BCUT2D eigenvalue weighted by Gasteiger charge is 2.53. The number of benzene rings is 1. The second kappa shape index (κ2) is 6.87. The van der Waals surface area contributed by atoms with Crippen molar-refractivity contribution in [3.63, 3.8) is 0 Å². The van der Waals surface area contributed by atoms with Crippen LogP contribution in [0.2, 0.25) is 0 Å². The van der Waals surface area contributed by atoms with E-state index < -0.39 is 11.0 Å². The molecule has 1 amide bonds. The molecule has 4 rings (SSSR count). The number of aliphatic hydroxyl groups is 1. The zero-order valence-electron chi connectivity index (χ0n) is 15.0. The number of nitrogens with one attached hydrogen (secondary N) is 1. The van der Waals surface area contributed by atoms with Crippen molar-refractivity contribution in [1.29, 1.82) is 0 Å². The van der Waals surface area contributed by atoms with Gasteiger partial charge in [0.25, 0.3) is 0 Å². The Balaban J connectivity index is 1.58. The molecule has 1 aromatic carbocycles. The van der Waals surface area contributed by atoms with E-state index in [1.807, 2.05) is 41.8 Å². The van der Waals surface area contributed by atoms with Gasteiger partial charge in [-0.2, -0.15) is 0 Å². The van der Waals surface area contributed by atoms with Gasteiger partial charge in [-0.15, -0.1) is 11.3 Å². The van der Waals surface area contributed by atoms with E-state index in [2.05, 4.69) is 5.32 Å². The van der Waals surface area contributed by atoms with Gasteiger partial charge in [0.1, 0.15) is 11.4 Å². The summed E-state index contributed by atoms with van der Waals surface area (Å²) < 4.78 is 10.6. The molecular formula is C21H21NO4S. The smallest absolute Gasteiger partial charge is 0.230 e. The molecule has 6 heteroatoms.